The molecule has 0 radical (unpaired) electrons. The molecule has 0 aromatic heterocycles. The molecule has 4 aromatic carbocycles. The number of ether oxygens (including phenoxy) is 1. The second kappa shape index (κ2) is 11.1. The molecule has 0 saturated heterocycles. The van der Waals surface area contributed by atoms with E-state index in [9.17, 15) is 17.2 Å². The van der Waals surface area contributed by atoms with Crippen LogP contribution in [-0.4, -0.2) is 14.8 Å². The molecule has 0 fully saturated rings. The van der Waals surface area contributed by atoms with Gasteiger partial charge in [0.1, 0.15) is 12.4 Å². The highest BCUT2D eigenvalue weighted by Crippen LogP contribution is 2.21. The summed E-state index contributed by atoms with van der Waals surface area (Å²) in [6.45, 7) is 0.456. The summed E-state index contributed by atoms with van der Waals surface area (Å²) in [4.78, 5) is -0.0613. The first-order valence-corrected chi connectivity index (χ1v) is 12.6. The topological polar surface area (TPSA) is 55.4 Å². The monoisotopic (exact) mass is 493 g/mol. The van der Waals surface area contributed by atoms with E-state index in [2.05, 4.69) is 4.72 Å². The molecule has 35 heavy (non-hydrogen) atoms. The third-order valence-corrected chi connectivity index (χ3v) is 6.87. The SMILES string of the molecule is O=S(=O)(N/C(=C\CCc1ccc(OCc2ccccc2)cc1)C(F)F)c1ccc2ccccc2c1. The van der Waals surface area contributed by atoms with E-state index in [4.69, 9.17) is 4.74 Å². The van der Waals surface area contributed by atoms with Crippen molar-refractivity contribution in [3.8, 4) is 5.75 Å². The molecule has 0 aliphatic rings. The van der Waals surface area contributed by atoms with Crippen LogP contribution in [0.25, 0.3) is 10.8 Å². The van der Waals surface area contributed by atoms with Gasteiger partial charge in [0.05, 0.1) is 10.6 Å². The molecule has 0 saturated carbocycles. The lowest BCUT2D eigenvalue weighted by Crippen LogP contribution is -2.26. The van der Waals surface area contributed by atoms with Gasteiger partial charge in [-0.25, -0.2) is 17.2 Å². The Labute approximate surface area is 203 Å². The van der Waals surface area contributed by atoms with E-state index in [1.807, 2.05) is 66.7 Å². The van der Waals surface area contributed by atoms with Crippen LogP contribution in [0.15, 0.2) is 114 Å². The summed E-state index contributed by atoms with van der Waals surface area (Å²) in [6, 6.07) is 29.0. The molecule has 4 rings (SSSR count). The van der Waals surface area contributed by atoms with E-state index in [-0.39, 0.29) is 11.3 Å². The van der Waals surface area contributed by atoms with Gasteiger partial charge in [0.15, 0.2) is 0 Å². The van der Waals surface area contributed by atoms with E-state index < -0.39 is 22.1 Å². The molecule has 0 bridgehead atoms. The molecule has 0 aliphatic heterocycles. The number of alkyl halides is 2. The van der Waals surface area contributed by atoms with Gasteiger partial charge in [0, 0.05) is 0 Å². The minimum atomic E-state index is -4.14. The number of sulfonamides is 1. The minimum Gasteiger partial charge on any atom is -0.489 e. The van der Waals surface area contributed by atoms with E-state index >= 15 is 0 Å². The van der Waals surface area contributed by atoms with Crippen molar-refractivity contribution in [2.75, 3.05) is 0 Å². The molecule has 4 nitrogen and oxygen atoms in total. The molecular weight excluding hydrogens is 468 g/mol. The molecule has 1 N–H and O–H groups in total. The number of rotatable bonds is 10. The molecule has 180 valence electrons. The Bertz CT molecular complexity index is 1400. The molecular formula is C28H25F2NO3S. The van der Waals surface area contributed by atoms with Gasteiger partial charge >= 0.3 is 0 Å². The van der Waals surface area contributed by atoms with Crippen LogP contribution in [0.5, 0.6) is 5.75 Å². The third-order valence-electron chi connectivity index (χ3n) is 5.49. The van der Waals surface area contributed by atoms with Gasteiger partial charge in [-0.1, -0.05) is 78.9 Å². The third kappa shape index (κ3) is 6.67. The summed E-state index contributed by atoms with van der Waals surface area (Å²) in [6.07, 6.45) is -0.973. The standard InChI is InChI=1S/C28H25F2NO3S/c29-28(30)27(31-35(32,33)26-18-15-23-10-4-5-11-24(23)19-26)12-6-9-21-13-16-25(17-14-21)34-20-22-7-2-1-3-8-22/h1-5,7-8,10-19,28,31H,6,9,20H2/b27-12-. The predicted molar refractivity (Wildman–Crippen MR) is 134 cm³/mol. The molecule has 0 atom stereocenters. The van der Waals surface area contributed by atoms with Crippen molar-refractivity contribution < 1.29 is 21.9 Å². The van der Waals surface area contributed by atoms with Crippen LogP contribution in [0.4, 0.5) is 8.78 Å². The molecule has 0 aliphatic carbocycles. The van der Waals surface area contributed by atoms with Crippen molar-refractivity contribution >= 4 is 20.8 Å². The molecule has 7 heteroatoms. The molecule has 0 spiro atoms. The Kier molecular flexibility index (Phi) is 7.77. The zero-order chi connectivity index (χ0) is 24.7. The van der Waals surface area contributed by atoms with Gasteiger partial charge in [-0.05, 0) is 59.0 Å². The first-order chi connectivity index (χ1) is 16.9. The summed E-state index contributed by atoms with van der Waals surface area (Å²) in [7, 11) is -4.14. The number of aryl methyl sites for hydroxylation is 1. The molecule has 0 heterocycles. The highest BCUT2D eigenvalue weighted by molar-refractivity contribution is 7.89. The predicted octanol–water partition coefficient (Wildman–Crippen LogP) is 6.48. The van der Waals surface area contributed by atoms with Crippen molar-refractivity contribution in [3.05, 3.63) is 120 Å². The molecule has 0 amide bonds. The number of hydrogen-bond donors (Lipinski definition) is 1. The van der Waals surface area contributed by atoms with Crippen molar-refractivity contribution in [2.24, 2.45) is 0 Å². The quantitative estimate of drug-likeness (QED) is 0.275. The largest absolute Gasteiger partial charge is 0.489 e. The summed E-state index contributed by atoms with van der Waals surface area (Å²) in [5, 5.41) is 1.58. The smallest absolute Gasteiger partial charge is 0.278 e. The number of nitrogens with one attached hydrogen (secondary N) is 1. The van der Waals surface area contributed by atoms with Gasteiger partial charge in [-0.3, -0.25) is 4.72 Å². The van der Waals surface area contributed by atoms with Crippen LogP contribution >= 0.6 is 0 Å². The average Bonchev–Trinajstić information content (AvgIpc) is 2.88. The van der Waals surface area contributed by atoms with Crippen LogP contribution in [0, 0.1) is 0 Å². The number of benzene rings is 4. The Morgan fingerprint density at radius 3 is 2.23 bits per heavy atom. The van der Waals surface area contributed by atoms with Crippen LogP contribution in [-0.2, 0) is 23.1 Å². The summed E-state index contributed by atoms with van der Waals surface area (Å²) < 4.78 is 60.5. The van der Waals surface area contributed by atoms with E-state index in [1.165, 1.54) is 18.2 Å². The zero-order valence-electron chi connectivity index (χ0n) is 18.9. The lowest BCUT2D eigenvalue weighted by molar-refractivity contribution is 0.184. The maximum absolute atomic E-state index is 13.6. The second-order valence-electron chi connectivity index (χ2n) is 8.03. The van der Waals surface area contributed by atoms with Crippen LogP contribution in [0.2, 0.25) is 0 Å². The van der Waals surface area contributed by atoms with Gasteiger partial charge in [0.25, 0.3) is 16.4 Å². The van der Waals surface area contributed by atoms with E-state index in [0.29, 0.717) is 24.2 Å². The highest BCUT2D eigenvalue weighted by atomic mass is 32.2. The Morgan fingerprint density at radius 2 is 1.51 bits per heavy atom. The van der Waals surface area contributed by atoms with E-state index in [0.717, 1.165) is 16.5 Å². The van der Waals surface area contributed by atoms with Crippen molar-refractivity contribution in [1.82, 2.24) is 4.72 Å². The van der Waals surface area contributed by atoms with Crippen molar-refractivity contribution in [3.63, 3.8) is 0 Å². The molecule has 4 aromatic rings. The van der Waals surface area contributed by atoms with Gasteiger partial charge in [-0.2, -0.15) is 0 Å². The fourth-order valence-corrected chi connectivity index (χ4v) is 4.74. The Morgan fingerprint density at radius 1 is 0.829 bits per heavy atom. The second-order valence-corrected chi connectivity index (χ2v) is 9.71. The highest BCUT2D eigenvalue weighted by Gasteiger charge is 2.20. The van der Waals surface area contributed by atoms with Gasteiger partial charge in [-0.15, -0.1) is 0 Å². The fraction of sp³-hybridized carbons (Fsp3) is 0.143. The van der Waals surface area contributed by atoms with Crippen molar-refractivity contribution in [1.29, 1.82) is 0 Å². The summed E-state index contributed by atoms with van der Waals surface area (Å²) in [5.74, 6) is 0.713. The van der Waals surface area contributed by atoms with Crippen LogP contribution in [0.3, 0.4) is 0 Å². The van der Waals surface area contributed by atoms with Crippen molar-refractivity contribution in [2.45, 2.75) is 30.8 Å². The lowest BCUT2D eigenvalue weighted by Gasteiger charge is -2.12. The minimum absolute atomic E-state index is 0.0613. The maximum atomic E-state index is 13.6. The normalized spacial score (nSPS) is 12.1. The Balaban J connectivity index is 1.37. The fourth-order valence-electron chi connectivity index (χ4n) is 3.61. The number of allylic oxidation sites excluding steroid dienone is 2. The molecule has 0 unspecified atom stereocenters. The number of halogens is 2. The average molecular weight is 494 g/mol. The first-order valence-electron chi connectivity index (χ1n) is 11.2. The lowest BCUT2D eigenvalue weighted by atomic mass is 10.1. The van der Waals surface area contributed by atoms with Gasteiger partial charge < -0.3 is 4.74 Å². The Hall–Kier alpha value is -3.71. The zero-order valence-corrected chi connectivity index (χ0v) is 19.7. The first kappa shape index (κ1) is 24.4. The summed E-state index contributed by atoms with van der Waals surface area (Å²) in [5.41, 5.74) is 1.37. The van der Waals surface area contributed by atoms with Crippen LogP contribution in [0.1, 0.15) is 17.5 Å². The number of hydrogen-bond acceptors (Lipinski definition) is 3. The van der Waals surface area contributed by atoms with Gasteiger partial charge in [0.2, 0.25) is 0 Å². The maximum Gasteiger partial charge on any atom is 0.278 e. The summed E-state index contributed by atoms with van der Waals surface area (Å²) >= 11 is 0. The van der Waals surface area contributed by atoms with E-state index in [1.54, 1.807) is 18.2 Å². The number of fused-ring (bicyclic) bond motifs is 1. The van der Waals surface area contributed by atoms with Crippen LogP contribution < -0.4 is 9.46 Å².